The maximum Gasteiger partial charge on any atom is 0.279 e. The predicted molar refractivity (Wildman–Crippen MR) is 95.3 cm³/mol. The third kappa shape index (κ3) is 2.28. The van der Waals surface area contributed by atoms with Crippen LogP contribution >= 0.6 is 0 Å². The number of fused-ring (bicyclic) bond motifs is 1. The van der Waals surface area contributed by atoms with E-state index in [1.54, 1.807) is 13.0 Å². The number of hydrogen-bond acceptors (Lipinski definition) is 2. The van der Waals surface area contributed by atoms with Gasteiger partial charge in [-0.25, -0.2) is 9.67 Å². The SMILES string of the molecule is Cc1ccc(-n2[nH]c(C)c(C3=c4ccccc4=NC3=O)c2=O)cc1C. The van der Waals surface area contributed by atoms with Crippen LogP contribution in [0.2, 0.25) is 0 Å². The normalized spacial score (nSPS) is 13.1. The van der Waals surface area contributed by atoms with Gasteiger partial charge in [0.2, 0.25) is 0 Å². The van der Waals surface area contributed by atoms with Crippen LogP contribution in [-0.2, 0) is 4.79 Å². The molecule has 1 N–H and O–H groups in total. The lowest BCUT2D eigenvalue weighted by atomic mass is 10.0. The van der Waals surface area contributed by atoms with Crippen LogP contribution in [0.1, 0.15) is 22.4 Å². The van der Waals surface area contributed by atoms with Gasteiger partial charge < -0.3 is 0 Å². The van der Waals surface area contributed by atoms with E-state index in [2.05, 4.69) is 10.1 Å². The number of benzene rings is 2. The minimum absolute atomic E-state index is 0.240. The second-order valence-corrected chi connectivity index (χ2v) is 6.33. The Labute approximate surface area is 144 Å². The molecule has 3 aromatic rings. The summed E-state index contributed by atoms with van der Waals surface area (Å²) in [6.45, 7) is 5.83. The van der Waals surface area contributed by atoms with E-state index in [1.165, 1.54) is 4.68 Å². The minimum atomic E-state index is -0.368. The number of H-pyrrole nitrogens is 1. The van der Waals surface area contributed by atoms with Gasteiger partial charge in [0.1, 0.15) is 0 Å². The van der Waals surface area contributed by atoms with Crippen molar-refractivity contribution in [1.29, 1.82) is 0 Å². The first-order valence-corrected chi connectivity index (χ1v) is 8.09. The molecule has 0 saturated heterocycles. The monoisotopic (exact) mass is 331 g/mol. The van der Waals surface area contributed by atoms with Gasteiger partial charge in [-0.2, -0.15) is 0 Å². The van der Waals surface area contributed by atoms with E-state index in [-0.39, 0.29) is 11.5 Å². The van der Waals surface area contributed by atoms with Gasteiger partial charge in [0.05, 0.1) is 22.2 Å². The molecule has 1 aliphatic rings. The predicted octanol–water partition coefficient (Wildman–Crippen LogP) is 1.45. The molecule has 5 heteroatoms. The summed E-state index contributed by atoms with van der Waals surface area (Å²) < 4.78 is 1.48. The number of rotatable bonds is 2. The zero-order valence-electron chi connectivity index (χ0n) is 14.3. The maximum atomic E-state index is 13.0. The molecule has 4 rings (SSSR count). The van der Waals surface area contributed by atoms with Gasteiger partial charge in [-0.3, -0.25) is 14.7 Å². The summed E-state index contributed by atoms with van der Waals surface area (Å²) in [5.74, 6) is -0.368. The van der Waals surface area contributed by atoms with Crippen molar-refractivity contribution < 1.29 is 4.79 Å². The third-order valence-corrected chi connectivity index (χ3v) is 4.68. The van der Waals surface area contributed by atoms with E-state index in [4.69, 9.17) is 0 Å². The lowest BCUT2D eigenvalue weighted by Crippen LogP contribution is -2.25. The molecule has 25 heavy (non-hydrogen) atoms. The molecule has 2 aromatic carbocycles. The van der Waals surface area contributed by atoms with Crippen molar-refractivity contribution in [2.45, 2.75) is 20.8 Å². The number of aryl methyl sites for hydroxylation is 3. The molecule has 5 nitrogen and oxygen atoms in total. The molecule has 0 bridgehead atoms. The number of aromatic nitrogens is 2. The van der Waals surface area contributed by atoms with Crippen molar-refractivity contribution in [3.8, 4) is 5.69 Å². The Morgan fingerprint density at radius 3 is 2.48 bits per heavy atom. The fourth-order valence-electron chi connectivity index (χ4n) is 3.19. The van der Waals surface area contributed by atoms with Crippen LogP contribution in [-0.4, -0.2) is 15.7 Å². The number of para-hydroxylation sites is 1. The first-order chi connectivity index (χ1) is 12.0. The average molecular weight is 331 g/mol. The van der Waals surface area contributed by atoms with E-state index in [1.807, 2.05) is 50.2 Å². The van der Waals surface area contributed by atoms with Crippen LogP contribution in [0.25, 0.3) is 11.3 Å². The molecule has 124 valence electrons. The van der Waals surface area contributed by atoms with Gasteiger partial charge in [0, 0.05) is 10.9 Å². The zero-order valence-corrected chi connectivity index (χ0v) is 14.3. The van der Waals surface area contributed by atoms with E-state index >= 15 is 0 Å². The molecule has 0 atom stereocenters. The van der Waals surface area contributed by atoms with Crippen LogP contribution in [0.5, 0.6) is 0 Å². The molecule has 1 aliphatic heterocycles. The molecule has 0 fully saturated rings. The Kier molecular flexibility index (Phi) is 3.32. The van der Waals surface area contributed by atoms with Gasteiger partial charge >= 0.3 is 0 Å². The highest BCUT2D eigenvalue weighted by atomic mass is 16.2. The summed E-state index contributed by atoms with van der Waals surface area (Å²) in [5, 5.41) is 4.41. The number of hydrogen-bond donors (Lipinski definition) is 1. The molecule has 1 aromatic heterocycles. The lowest BCUT2D eigenvalue weighted by molar-refractivity contribution is -0.112. The Hall–Kier alpha value is -3.21. The number of carbonyl (C=O) groups excluding carboxylic acids is 1. The fourth-order valence-corrected chi connectivity index (χ4v) is 3.19. The summed E-state index contributed by atoms with van der Waals surface area (Å²) >= 11 is 0. The lowest BCUT2D eigenvalue weighted by Gasteiger charge is -2.05. The van der Waals surface area contributed by atoms with Crippen LogP contribution < -0.4 is 16.1 Å². The highest BCUT2D eigenvalue weighted by Crippen LogP contribution is 2.17. The number of nitrogens with one attached hydrogen (secondary N) is 1. The topological polar surface area (TPSA) is 67.2 Å². The molecular weight excluding hydrogens is 314 g/mol. The van der Waals surface area contributed by atoms with Crippen molar-refractivity contribution in [1.82, 2.24) is 9.78 Å². The van der Waals surface area contributed by atoms with Gasteiger partial charge in [-0.15, -0.1) is 0 Å². The van der Waals surface area contributed by atoms with Crippen molar-refractivity contribution in [2.24, 2.45) is 4.99 Å². The van der Waals surface area contributed by atoms with Crippen LogP contribution in [0.4, 0.5) is 0 Å². The Balaban J connectivity index is 2.00. The molecule has 0 aliphatic carbocycles. The summed E-state index contributed by atoms with van der Waals surface area (Å²) in [6, 6.07) is 13.1. The quantitative estimate of drug-likeness (QED) is 0.772. The van der Waals surface area contributed by atoms with Crippen molar-refractivity contribution >= 4 is 11.5 Å². The second kappa shape index (κ2) is 5.41. The Morgan fingerprint density at radius 2 is 1.72 bits per heavy atom. The first-order valence-electron chi connectivity index (χ1n) is 8.09. The minimum Gasteiger partial charge on any atom is -0.295 e. The van der Waals surface area contributed by atoms with Gasteiger partial charge in [0.25, 0.3) is 11.5 Å². The molecular formula is C20H17N3O2. The largest absolute Gasteiger partial charge is 0.295 e. The second-order valence-electron chi connectivity index (χ2n) is 6.33. The summed E-state index contributed by atoms with van der Waals surface area (Å²) in [5.41, 5.74) is 4.18. The summed E-state index contributed by atoms with van der Waals surface area (Å²) in [6.07, 6.45) is 0. The first kappa shape index (κ1) is 15.3. The molecule has 0 radical (unpaired) electrons. The number of nitrogens with zero attached hydrogens (tertiary/aromatic N) is 2. The molecule has 1 amide bonds. The molecule has 2 heterocycles. The number of amides is 1. The van der Waals surface area contributed by atoms with E-state index < -0.39 is 0 Å². The zero-order chi connectivity index (χ0) is 17.7. The fraction of sp³-hybridized carbons (Fsp3) is 0.150. The van der Waals surface area contributed by atoms with Crippen molar-refractivity contribution in [3.05, 3.63) is 85.8 Å². The van der Waals surface area contributed by atoms with E-state index in [0.29, 0.717) is 27.4 Å². The smallest absolute Gasteiger partial charge is 0.279 e. The average Bonchev–Trinajstić information content (AvgIpc) is 3.06. The standard InChI is InChI=1S/C20H17N3O2/c1-11-8-9-14(10-12(11)2)23-20(25)17(13(3)22-23)18-15-6-4-5-7-16(15)21-19(18)24/h4-10,22H,1-3H3. The summed E-state index contributed by atoms with van der Waals surface area (Å²) in [4.78, 5) is 29.5. The highest BCUT2D eigenvalue weighted by Gasteiger charge is 2.25. The van der Waals surface area contributed by atoms with Gasteiger partial charge in [-0.05, 0) is 50.1 Å². The van der Waals surface area contributed by atoms with E-state index in [9.17, 15) is 9.59 Å². The third-order valence-electron chi connectivity index (χ3n) is 4.68. The highest BCUT2D eigenvalue weighted by molar-refractivity contribution is 6.21. The van der Waals surface area contributed by atoms with Crippen LogP contribution in [0.15, 0.2) is 52.3 Å². The molecule has 0 unspecified atom stereocenters. The Bertz CT molecular complexity index is 1210. The molecule has 0 saturated carbocycles. The van der Waals surface area contributed by atoms with E-state index in [0.717, 1.165) is 16.8 Å². The van der Waals surface area contributed by atoms with Crippen molar-refractivity contribution in [2.75, 3.05) is 0 Å². The van der Waals surface area contributed by atoms with Gasteiger partial charge in [0.15, 0.2) is 0 Å². The van der Waals surface area contributed by atoms with Crippen molar-refractivity contribution in [3.63, 3.8) is 0 Å². The van der Waals surface area contributed by atoms with Crippen LogP contribution in [0, 0.1) is 20.8 Å². The number of aromatic amines is 1. The number of carbonyl (C=O) groups is 1. The van der Waals surface area contributed by atoms with Gasteiger partial charge in [-0.1, -0.05) is 24.3 Å². The van der Waals surface area contributed by atoms with Crippen LogP contribution in [0.3, 0.4) is 0 Å². The summed E-state index contributed by atoms with van der Waals surface area (Å²) in [7, 11) is 0. The molecule has 0 spiro atoms. The Morgan fingerprint density at radius 1 is 0.960 bits per heavy atom. The maximum absolute atomic E-state index is 13.0.